The fourth-order valence-electron chi connectivity index (χ4n) is 5.65. The molecule has 0 saturated carbocycles. The van der Waals surface area contributed by atoms with E-state index in [4.69, 9.17) is 0 Å². The van der Waals surface area contributed by atoms with Crippen LogP contribution in [0.4, 0.5) is 0 Å². The van der Waals surface area contributed by atoms with E-state index in [1.54, 1.807) is 0 Å². The van der Waals surface area contributed by atoms with Crippen LogP contribution < -0.4 is 35.3 Å². The predicted octanol–water partition coefficient (Wildman–Crippen LogP) is 0.613. The van der Waals surface area contributed by atoms with Crippen LogP contribution in [-0.2, 0) is 26.2 Å². The Morgan fingerprint density at radius 2 is 1.54 bits per heavy atom. The maximum Gasteiger partial charge on any atom is 3.00 e. The van der Waals surface area contributed by atoms with Crippen LogP contribution in [-0.4, -0.2) is 0 Å². The predicted molar refractivity (Wildman–Crippen MR) is 136 cm³/mol. The van der Waals surface area contributed by atoms with E-state index < -0.39 is 0 Å². The first-order valence-electron chi connectivity index (χ1n) is 11.9. The maximum atomic E-state index is 3.81. The summed E-state index contributed by atoms with van der Waals surface area (Å²) in [5, 5.41) is 5.18. The quantitative estimate of drug-likeness (QED) is 0.312. The first-order chi connectivity index (χ1) is 15.5. The van der Waals surface area contributed by atoms with Crippen molar-refractivity contribution in [1.82, 2.24) is 0 Å². The zero-order chi connectivity index (χ0) is 22.4. The average Bonchev–Trinajstić information content (AvgIpc) is 3.32. The Kier molecular flexibility index (Phi) is 10.2. The van der Waals surface area contributed by atoms with E-state index in [1.807, 2.05) is 0 Å². The summed E-state index contributed by atoms with van der Waals surface area (Å²) in [6.07, 6.45) is 7.28. The molecular weight excluding hydrogens is 546 g/mol. The van der Waals surface area contributed by atoms with Crippen molar-refractivity contribution in [2.24, 2.45) is 11.8 Å². The monoisotopic (exact) mass is 575 g/mol. The molecule has 0 N–H and O–H groups in total. The molecule has 0 aromatic heterocycles. The van der Waals surface area contributed by atoms with Gasteiger partial charge in [0, 0.05) is 0 Å². The molecule has 5 rings (SSSR count). The second kappa shape index (κ2) is 12.1. The van der Waals surface area contributed by atoms with Crippen molar-refractivity contribution < 1.29 is 51.0 Å². The molecule has 3 heteroatoms. The van der Waals surface area contributed by atoms with E-state index in [2.05, 4.69) is 114 Å². The molecular formula is C32H31Cl2Zr. The van der Waals surface area contributed by atoms with Crippen molar-refractivity contribution >= 4 is 17.2 Å². The molecule has 3 aromatic rings. The van der Waals surface area contributed by atoms with Gasteiger partial charge in [0.25, 0.3) is 0 Å². The van der Waals surface area contributed by atoms with Gasteiger partial charge in [0.2, 0.25) is 0 Å². The van der Waals surface area contributed by atoms with Crippen LogP contribution in [0.15, 0.2) is 84.0 Å². The van der Waals surface area contributed by atoms with Crippen LogP contribution in [0.2, 0.25) is 0 Å². The van der Waals surface area contributed by atoms with Crippen LogP contribution in [0.1, 0.15) is 57.7 Å². The number of rotatable bonds is 4. The Labute approximate surface area is 241 Å². The first kappa shape index (κ1) is 29.6. The summed E-state index contributed by atoms with van der Waals surface area (Å²) in [4.78, 5) is 0. The molecule has 0 heterocycles. The van der Waals surface area contributed by atoms with E-state index in [0.717, 1.165) is 6.42 Å². The topological polar surface area (TPSA) is 0 Å². The van der Waals surface area contributed by atoms with Gasteiger partial charge in [-0.25, -0.2) is 0 Å². The van der Waals surface area contributed by atoms with E-state index in [-0.39, 0.29) is 51.0 Å². The third kappa shape index (κ3) is 5.11. The zero-order valence-electron chi connectivity index (χ0n) is 21.0. The van der Waals surface area contributed by atoms with Crippen molar-refractivity contribution in [3.05, 3.63) is 122 Å². The third-order valence-electron chi connectivity index (χ3n) is 7.10. The van der Waals surface area contributed by atoms with Crippen molar-refractivity contribution in [3.63, 3.8) is 0 Å². The van der Waals surface area contributed by atoms with E-state index in [9.17, 15) is 0 Å². The summed E-state index contributed by atoms with van der Waals surface area (Å²) in [6, 6.07) is 24.2. The minimum Gasteiger partial charge on any atom is -1.00 e. The van der Waals surface area contributed by atoms with Crippen molar-refractivity contribution in [1.29, 1.82) is 0 Å². The fraction of sp³-hybridized carbons (Fsp3) is 0.250. The number of halogens is 2. The van der Waals surface area contributed by atoms with E-state index in [1.165, 1.54) is 59.9 Å². The van der Waals surface area contributed by atoms with E-state index >= 15 is 0 Å². The summed E-state index contributed by atoms with van der Waals surface area (Å²) >= 11 is 0. The molecule has 0 saturated heterocycles. The molecule has 0 aliphatic heterocycles. The smallest absolute Gasteiger partial charge is 1.00 e. The van der Waals surface area contributed by atoms with Crippen LogP contribution in [0, 0.1) is 22.3 Å². The summed E-state index contributed by atoms with van der Waals surface area (Å²) in [6.45, 7) is 11.6. The second-order valence-corrected chi connectivity index (χ2v) is 9.38. The van der Waals surface area contributed by atoms with Crippen molar-refractivity contribution in [2.45, 2.75) is 41.0 Å². The zero-order valence-corrected chi connectivity index (χ0v) is 25.0. The van der Waals surface area contributed by atoms with Crippen LogP contribution in [0.5, 0.6) is 0 Å². The minimum absolute atomic E-state index is 0. The normalized spacial score (nSPS) is 16.3. The van der Waals surface area contributed by atoms with Gasteiger partial charge in [-0.15, -0.1) is 33.4 Å². The SMILES string of the molecule is CCC(c1ccccc1)=c1ccc2c(c1C1=C(C)C(C(C)C)=CC1C)[C-]=c1ccccc1=2.[Cl-].[Cl-].[Zr+3]. The molecule has 0 nitrogen and oxygen atoms in total. The molecule has 2 aliphatic rings. The van der Waals surface area contributed by atoms with Gasteiger partial charge >= 0.3 is 26.2 Å². The first-order valence-corrected chi connectivity index (χ1v) is 11.9. The minimum atomic E-state index is 0. The Hall–Kier alpha value is -1.66. The molecule has 0 spiro atoms. The summed E-state index contributed by atoms with van der Waals surface area (Å²) in [7, 11) is 0. The van der Waals surface area contributed by atoms with Gasteiger partial charge in [0.15, 0.2) is 0 Å². The standard InChI is InChI=1S/C32H31.2ClH.Zr/c1-6-25(23-12-8-7-9-13-23)28-17-16-27-26-15-11-10-14-24(26)19-30(27)32(28)31-21(4)18-29(20(2)3)22(31)5;;;/h7-18,20-21H,6H2,1-5H3;2*1H;/q-1;;;+3/p-2. The molecule has 1 unspecified atom stereocenters. The van der Waals surface area contributed by atoms with Crippen LogP contribution in [0.25, 0.3) is 17.2 Å². The Morgan fingerprint density at radius 3 is 2.17 bits per heavy atom. The van der Waals surface area contributed by atoms with Crippen LogP contribution in [0.3, 0.4) is 0 Å². The molecule has 2 aliphatic carbocycles. The molecule has 1 radical (unpaired) electrons. The summed E-state index contributed by atoms with van der Waals surface area (Å²) in [5.74, 6) is 0.932. The summed E-state index contributed by atoms with van der Waals surface area (Å²) in [5.41, 5.74) is 9.79. The third-order valence-corrected chi connectivity index (χ3v) is 7.10. The molecule has 0 fully saturated rings. The number of hydrogen-bond donors (Lipinski definition) is 0. The van der Waals surface area contributed by atoms with Gasteiger partial charge in [-0.2, -0.15) is 0 Å². The second-order valence-electron chi connectivity index (χ2n) is 9.38. The van der Waals surface area contributed by atoms with Crippen molar-refractivity contribution in [3.8, 4) is 0 Å². The molecule has 1 atom stereocenters. The van der Waals surface area contributed by atoms with Gasteiger partial charge in [-0.05, 0) is 47.1 Å². The van der Waals surface area contributed by atoms with Gasteiger partial charge in [0.1, 0.15) is 0 Å². The summed E-state index contributed by atoms with van der Waals surface area (Å²) < 4.78 is 0. The Bertz CT molecular complexity index is 1500. The molecule has 35 heavy (non-hydrogen) atoms. The molecule has 0 bridgehead atoms. The number of allylic oxidation sites excluding steroid dienone is 4. The number of hydrogen-bond acceptors (Lipinski definition) is 0. The van der Waals surface area contributed by atoms with E-state index in [0.29, 0.717) is 11.8 Å². The maximum absolute atomic E-state index is 3.81. The molecule has 177 valence electrons. The Morgan fingerprint density at radius 1 is 0.886 bits per heavy atom. The van der Waals surface area contributed by atoms with Crippen molar-refractivity contribution in [2.75, 3.05) is 0 Å². The van der Waals surface area contributed by atoms with Gasteiger partial charge in [-0.1, -0.05) is 111 Å². The average molecular weight is 578 g/mol. The van der Waals surface area contributed by atoms with Gasteiger partial charge in [0.05, 0.1) is 0 Å². The largest absolute Gasteiger partial charge is 3.00 e. The van der Waals surface area contributed by atoms with Gasteiger partial charge in [-0.3, -0.25) is 0 Å². The fourth-order valence-corrected chi connectivity index (χ4v) is 5.65. The number of benzene rings is 3. The van der Waals surface area contributed by atoms with Gasteiger partial charge < -0.3 is 24.8 Å². The molecule has 0 amide bonds. The number of fused-ring (bicyclic) bond motifs is 2. The Balaban J connectivity index is 0.00000144. The van der Waals surface area contributed by atoms with Crippen LogP contribution >= 0.6 is 0 Å². The molecule has 3 aromatic carbocycles.